The zero-order valence-electron chi connectivity index (χ0n) is 16.4. The van der Waals surface area contributed by atoms with E-state index >= 15 is 0 Å². The van der Waals surface area contributed by atoms with E-state index in [0.717, 1.165) is 50.6 Å². The van der Waals surface area contributed by atoms with Gasteiger partial charge in [-0.1, -0.05) is 20.8 Å². The van der Waals surface area contributed by atoms with Crippen LogP contribution in [0, 0.1) is 5.41 Å². The molecule has 1 aliphatic heterocycles. The monoisotopic (exact) mass is 350 g/mol. The third-order valence-corrected chi connectivity index (χ3v) is 4.65. The Morgan fingerprint density at radius 3 is 2.24 bits per heavy atom. The number of aliphatic hydroxyl groups excluding tert-OH is 1. The van der Waals surface area contributed by atoms with Crippen LogP contribution < -0.4 is 9.47 Å². The van der Waals surface area contributed by atoms with Crippen molar-refractivity contribution in [3.05, 3.63) is 23.8 Å². The van der Waals surface area contributed by atoms with Gasteiger partial charge in [0, 0.05) is 51.4 Å². The van der Waals surface area contributed by atoms with Gasteiger partial charge in [0.15, 0.2) is 0 Å². The van der Waals surface area contributed by atoms with Crippen molar-refractivity contribution < 1.29 is 14.6 Å². The summed E-state index contributed by atoms with van der Waals surface area (Å²) in [7, 11) is 3.36. The van der Waals surface area contributed by atoms with Crippen molar-refractivity contribution in [2.75, 3.05) is 47.0 Å². The van der Waals surface area contributed by atoms with Crippen LogP contribution in [0.15, 0.2) is 18.2 Å². The Labute approximate surface area is 152 Å². The van der Waals surface area contributed by atoms with Gasteiger partial charge < -0.3 is 14.6 Å². The molecule has 1 aromatic carbocycles. The molecule has 2 rings (SSSR count). The van der Waals surface area contributed by atoms with E-state index in [9.17, 15) is 5.11 Å². The van der Waals surface area contributed by atoms with Crippen LogP contribution in [0.4, 0.5) is 0 Å². The topological polar surface area (TPSA) is 45.2 Å². The summed E-state index contributed by atoms with van der Waals surface area (Å²) in [5, 5.41) is 9.50. The molecule has 0 aliphatic carbocycles. The van der Waals surface area contributed by atoms with E-state index < -0.39 is 0 Å². The fourth-order valence-corrected chi connectivity index (χ4v) is 3.59. The predicted molar refractivity (Wildman–Crippen MR) is 101 cm³/mol. The number of rotatable bonds is 7. The summed E-state index contributed by atoms with van der Waals surface area (Å²) in [5.74, 6) is 1.64. The number of benzene rings is 1. The van der Waals surface area contributed by atoms with Crippen LogP contribution in [-0.2, 0) is 6.54 Å². The lowest BCUT2D eigenvalue weighted by Gasteiger charge is -2.43. The second kappa shape index (κ2) is 8.88. The molecule has 1 heterocycles. The molecular weight excluding hydrogens is 316 g/mol. The fourth-order valence-electron chi connectivity index (χ4n) is 3.59. The first-order valence-electron chi connectivity index (χ1n) is 9.14. The summed E-state index contributed by atoms with van der Waals surface area (Å²) in [4.78, 5) is 5.01. The average Bonchev–Trinajstić information content (AvgIpc) is 2.55. The molecule has 1 saturated heterocycles. The zero-order valence-corrected chi connectivity index (χ0v) is 16.4. The summed E-state index contributed by atoms with van der Waals surface area (Å²) >= 11 is 0. The van der Waals surface area contributed by atoms with Crippen molar-refractivity contribution in [3.8, 4) is 11.5 Å². The summed E-state index contributed by atoms with van der Waals surface area (Å²) in [6.45, 7) is 12.1. The van der Waals surface area contributed by atoms with Crippen LogP contribution in [0.2, 0.25) is 0 Å². The Kier molecular flexibility index (Phi) is 7.11. The average molecular weight is 351 g/mol. The van der Waals surface area contributed by atoms with Gasteiger partial charge in [0.05, 0.1) is 14.2 Å². The summed E-state index contributed by atoms with van der Waals surface area (Å²) in [6, 6.07) is 6.41. The number of ether oxygens (including phenoxy) is 2. The first kappa shape index (κ1) is 20.0. The second-order valence-electron chi connectivity index (χ2n) is 8.15. The Morgan fingerprint density at radius 1 is 1.08 bits per heavy atom. The van der Waals surface area contributed by atoms with Gasteiger partial charge in [-0.3, -0.25) is 9.80 Å². The molecule has 0 saturated carbocycles. The van der Waals surface area contributed by atoms with Gasteiger partial charge in [-0.25, -0.2) is 0 Å². The highest BCUT2D eigenvalue weighted by molar-refractivity contribution is 5.38. The number of hydrogen-bond donors (Lipinski definition) is 1. The van der Waals surface area contributed by atoms with E-state index in [-0.39, 0.29) is 6.61 Å². The second-order valence-corrected chi connectivity index (χ2v) is 8.15. The van der Waals surface area contributed by atoms with Crippen molar-refractivity contribution in [3.63, 3.8) is 0 Å². The van der Waals surface area contributed by atoms with Crippen LogP contribution in [0.25, 0.3) is 0 Å². The Hall–Kier alpha value is -1.30. The molecule has 1 aliphatic rings. The molecule has 5 heteroatoms. The number of piperazine rings is 1. The van der Waals surface area contributed by atoms with E-state index in [1.807, 2.05) is 6.07 Å². The number of methoxy groups -OCH3 is 2. The SMILES string of the molecule is COc1cc(CN2CCN(CC(C)(C)C)CC2CCO)cc(OC)c1. The van der Waals surface area contributed by atoms with E-state index in [1.165, 1.54) is 5.56 Å². The van der Waals surface area contributed by atoms with Crippen LogP contribution in [-0.4, -0.2) is 68.0 Å². The van der Waals surface area contributed by atoms with Gasteiger partial charge in [-0.05, 0) is 29.5 Å². The van der Waals surface area contributed by atoms with E-state index in [1.54, 1.807) is 14.2 Å². The lowest BCUT2D eigenvalue weighted by Crippen LogP contribution is -2.54. The largest absolute Gasteiger partial charge is 0.497 e. The zero-order chi connectivity index (χ0) is 18.4. The van der Waals surface area contributed by atoms with Gasteiger partial charge in [-0.2, -0.15) is 0 Å². The van der Waals surface area contributed by atoms with Gasteiger partial charge in [0.1, 0.15) is 11.5 Å². The lowest BCUT2D eigenvalue weighted by molar-refractivity contribution is 0.0381. The Balaban J connectivity index is 2.08. The highest BCUT2D eigenvalue weighted by atomic mass is 16.5. The van der Waals surface area contributed by atoms with Gasteiger partial charge in [0.25, 0.3) is 0 Å². The quantitative estimate of drug-likeness (QED) is 0.819. The molecule has 1 atom stereocenters. The minimum absolute atomic E-state index is 0.228. The molecule has 0 amide bonds. The molecule has 0 bridgehead atoms. The van der Waals surface area contributed by atoms with E-state index in [2.05, 4.69) is 42.7 Å². The number of aliphatic hydroxyl groups is 1. The molecule has 5 nitrogen and oxygen atoms in total. The summed E-state index contributed by atoms with van der Waals surface area (Å²) < 4.78 is 10.8. The van der Waals surface area contributed by atoms with Gasteiger partial charge in [-0.15, -0.1) is 0 Å². The van der Waals surface area contributed by atoms with Crippen molar-refractivity contribution >= 4 is 0 Å². The summed E-state index contributed by atoms with van der Waals surface area (Å²) in [6.07, 6.45) is 0.807. The van der Waals surface area contributed by atoms with Crippen molar-refractivity contribution in [1.82, 2.24) is 9.80 Å². The molecule has 1 aromatic rings. The maximum absolute atomic E-state index is 9.50. The molecule has 0 spiro atoms. The van der Waals surface area contributed by atoms with Crippen molar-refractivity contribution in [2.45, 2.75) is 39.8 Å². The lowest BCUT2D eigenvalue weighted by atomic mass is 9.95. The Morgan fingerprint density at radius 2 is 1.72 bits per heavy atom. The van der Waals surface area contributed by atoms with E-state index in [4.69, 9.17) is 9.47 Å². The minimum Gasteiger partial charge on any atom is -0.497 e. The van der Waals surface area contributed by atoms with Gasteiger partial charge >= 0.3 is 0 Å². The normalized spacial score (nSPS) is 19.8. The number of hydrogen-bond acceptors (Lipinski definition) is 5. The highest BCUT2D eigenvalue weighted by Crippen LogP contribution is 2.26. The molecule has 25 heavy (non-hydrogen) atoms. The van der Waals surface area contributed by atoms with Crippen LogP contribution in [0.5, 0.6) is 11.5 Å². The van der Waals surface area contributed by atoms with Crippen molar-refractivity contribution in [2.24, 2.45) is 5.41 Å². The molecule has 142 valence electrons. The molecular formula is C20H34N2O3. The fraction of sp³-hybridized carbons (Fsp3) is 0.700. The Bertz CT molecular complexity index is 520. The smallest absolute Gasteiger partial charge is 0.122 e. The van der Waals surface area contributed by atoms with E-state index in [0.29, 0.717) is 11.5 Å². The maximum Gasteiger partial charge on any atom is 0.122 e. The van der Waals surface area contributed by atoms with Gasteiger partial charge in [0.2, 0.25) is 0 Å². The molecule has 1 N–H and O–H groups in total. The molecule has 0 radical (unpaired) electrons. The van der Waals surface area contributed by atoms with Crippen molar-refractivity contribution in [1.29, 1.82) is 0 Å². The predicted octanol–water partition coefficient (Wildman–Crippen LogP) is 2.62. The first-order chi connectivity index (χ1) is 11.8. The standard InChI is InChI=1S/C20H34N2O3/c1-20(2,3)15-21-7-8-22(17(14-21)6-9-23)13-16-10-18(24-4)12-19(11-16)25-5/h10-12,17,23H,6-9,13-15H2,1-5H3. The number of nitrogens with zero attached hydrogens (tertiary/aromatic N) is 2. The highest BCUT2D eigenvalue weighted by Gasteiger charge is 2.28. The molecule has 1 fully saturated rings. The first-order valence-corrected chi connectivity index (χ1v) is 9.14. The van der Waals surface area contributed by atoms with Crippen LogP contribution in [0.1, 0.15) is 32.8 Å². The van der Waals surface area contributed by atoms with Crippen LogP contribution in [0.3, 0.4) is 0 Å². The molecule has 1 unspecified atom stereocenters. The van der Waals surface area contributed by atoms with Crippen LogP contribution >= 0.6 is 0 Å². The minimum atomic E-state index is 0.228. The third kappa shape index (κ3) is 6.17. The summed E-state index contributed by atoms with van der Waals surface area (Å²) in [5.41, 5.74) is 1.48. The third-order valence-electron chi connectivity index (χ3n) is 4.65. The maximum atomic E-state index is 9.50. The molecule has 0 aromatic heterocycles.